The van der Waals surface area contributed by atoms with Crippen LogP contribution in [0.3, 0.4) is 0 Å². The van der Waals surface area contributed by atoms with E-state index >= 15 is 0 Å². The average molecular weight is 309 g/mol. The van der Waals surface area contributed by atoms with Crippen LogP contribution in [0.15, 0.2) is 59.0 Å². The molecule has 0 atom stereocenters. The maximum absolute atomic E-state index is 12.2. The molecule has 3 aromatic rings. The van der Waals surface area contributed by atoms with Crippen LogP contribution < -0.4 is 4.74 Å². The minimum atomic E-state index is -0.0908. The largest absolute Gasteiger partial charge is 0.484 e. The Kier molecular flexibility index (Phi) is 4.33. The third-order valence-electron chi connectivity index (χ3n) is 3.65. The third-order valence-corrected chi connectivity index (χ3v) is 3.65. The number of nitrogens with zero attached hydrogens (tertiary/aromatic N) is 1. The molecule has 0 aliphatic heterocycles. The number of amides is 1. The van der Waals surface area contributed by atoms with Crippen LogP contribution in [0.25, 0.3) is 11.0 Å². The summed E-state index contributed by atoms with van der Waals surface area (Å²) in [5.41, 5.74) is 1.94. The molecular formula is C19H19NO3. The molecule has 4 heteroatoms. The SMILES string of the molecule is Cc1cccc(OCC(=O)N(C)Cc2cc3ccccc3o2)c1. The van der Waals surface area contributed by atoms with E-state index in [0.717, 1.165) is 22.3 Å². The summed E-state index contributed by atoms with van der Waals surface area (Å²) >= 11 is 0. The molecule has 1 heterocycles. The van der Waals surface area contributed by atoms with E-state index in [1.54, 1.807) is 11.9 Å². The predicted octanol–water partition coefficient (Wildman–Crippen LogP) is 3.78. The molecule has 0 aliphatic carbocycles. The van der Waals surface area contributed by atoms with Crippen molar-refractivity contribution in [2.24, 2.45) is 0 Å². The Hall–Kier alpha value is -2.75. The van der Waals surface area contributed by atoms with Crippen molar-refractivity contribution in [2.75, 3.05) is 13.7 Å². The first kappa shape index (κ1) is 15.2. The quantitative estimate of drug-likeness (QED) is 0.720. The van der Waals surface area contributed by atoms with Crippen molar-refractivity contribution in [1.82, 2.24) is 4.90 Å². The zero-order valence-electron chi connectivity index (χ0n) is 13.3. The fourth-order valence-electron chi connectivity index (χ4n) is 2.40. The van der Waals surface area contributed by atoms with Crippen molar-refractivity contribution in [3.8, 4) is 5.75 Å². The highest BCUT2D eigenvalue weighted by atomic mass is 16.5. The minimum Gasteiger partial charge on any atom is -0.484 e. The van der Waals surface area contributed by atoms with Gasteiger partial charge in [-0.1, -0.05) is 30.3 Å². The summed E-state index contributed by atoms with van der Waals surface area (Å²) < 4.78 is 11.3. The lowest BCUT2D eigenvalue weighted by molar-refractivity contribution is -0.132. The van der Waals surface area contributed by atoms with Crippen LogP contribution in [0.2, 0.25) is 0 Å². The summed E-state index contributed by atoms with van der Waals surface area (Å²) in [7, 11) is 1.75. The topological polar surface area (TPSA) is 42.7 Å². The molecule has 0 saturated heterocycles. The van der Waals surface area contributed by atoms with Gasteiger partial charge in [-0.15, -0.1) is 0 Å². The van der Waals surface area contributed by atoms with Crippen LogP contribution in [-0.4, -0.2) is 24.5 Å². The second-order valence-corrected chi connectivity index (χ2v) is 5.61. The molecule has 23 heavy (non-hydrogen) atoms. The van der Waals surface area contributed by atoms with Crippen molar-refractivity contribution in [3.63, 3.8) is 0 Å². The number of likely N-dealkylation sites (N-methyl/N-ethyl adjacent to an activating group) is 1. The van der Waals surface area contributed by atoms with Gasteiger partial charge in [0.1, 0.15) is 17.1 Å². The van der Waals surface area contributed by atoms with Gasteiger partial charge < -0.3 is 14.1 Å². The molecule has 118 valence electrons. The van der Waals surface area contributed by atoms with Gasteiger partial charge in [-0.25, -0.2) is 0 Å². The fraction of sp³-hybridized carbons (Fsp3) is 0.211. The van der Waals surface area contributed by atoms with Crippen LogP contribution in [-0.2, 0) is 11.3 Å². The molecule has 1 amide bonds. The van der Waals surface area contributed by atoms with E-state index in [-0.39, 0.29) is 12.5 Å². The van der Waals surface area contributed by atoms with E-state index in [1.165, 1.54) is 0 Å². The molecule has 0 aliphatic rings. The van der Waals surface area contributed by atoms with Gasteiger partial charge in [0, 0.05) is 12.4 Å². The van der Waals surface area contributed by atoms with Crippen molar-refractivity contribution < 1.29 is 13.9 Å². The van der Waals surface area contributed by atoms with Crippen LogP contribution in [0.4, 0.5) is 0 Å². The fourth-order valence-corrected chi connectivity index (χ4v) is 2.40. The van der Waals surface area contributed by atoms with E-state index in [0.29, 0.717) is 12.3 Å². The molecule has 3 rings (SSSR count). The van der Waals surface area contributed by atoms with Crippen molar-refractivity contribution in [1.29, 1.82) is 0 Å². The smallest absolute Gasteiger partial charge is 0.260 e. The second-order valence-electron chi connectivity index (χ2n) is 5.61. The lowest BCUT2D eigenvalue weighted by Gasteiger charge is -2.16. The van der Waals surface area contributed by atoms with Gasteiger partial charge in [0.25, 0.3) is 5.91 Å². The Bertz CT molecular complexity index is 789. The maximum Gasteiger partial charge on any atom is 0.260 e. The first-order valence-corrected chi connectivity index (χ1v) is 7.53. The summed E-state index contributed by atoms with van der Waals surface area (Å²) in [5.74, 6) is 1.38. The predicted molar refractivity (Wildman–Crippen MR) is 89.4 cm³/mol. The van der Waals surface area contributed by atoms with Crippen LogP contribution >= 0.6 is 0 Å². The van der Waals surface area contributed by atoms with E-state index in [9.17, 15) is 4.79 Å². The van der Waals surface area contributed by atoms with E-state index in [1.807, 2.05) is 61.5 Å². The molecule has 4 nitrogen and oxygen atoms in total. The minimum absolute atomic E-state index is 0.0141. The number of ether oxygens (including phenoxy) is 1. The highest BCUT2D eigenvalue weighted by Gasteiger charge is 2.13. The zero-order chi connectivity index (χ0) is 16.2. The Morgan fingerprint density at radius 3 is 2.74 bits per heavy atom. The number of aryl methyl sites for hydroxylation is 1. The van der Waals surface area contributed by atoms with Crippen LogP contribution in [0.1, 0.15) is 11.3 Å². The van der Waals surface area contributed by atoms with Crippen LogP contribution in [0.5, 0.6) is 5.75 Å². The number of para-hydroxylation sites is 1. The number of hydrogen-bond acceptors (Lipinski definition) is 3. The first-order valence-electron chi connectivity index (χ1n) is 7.53. The number of carbonyl (C=O) groups excluding carboxylic acids is 1. The number of furan rings is 1. The standard InChI is InChI=1S/C19H19NO3/c1-14-6-5-8-16(10-14)22-13-19(21)20(2)12-17-11-15-7-3-4-9-18(15)23-17/h3-11H,12-13H2,1-2H3. The van der Waals surface area contributed by atoms with Gasteiger partial charge in [-0.05, 0) is 36.8 Å². The third kappa shape index (κ3) is 3.72. The van der Waals surface area contributed by atoms with E-state index < -0.39 is 0 Å². The molecule has 0 spiro atoms. The van der Waals surface area contributed by atoms with Crippen molar-refractivity contribution >= 4 is 16.9 Å². The Labute approximate surface area is 135 Å². The van der Waals surface area contributed by atoms with Crippen molar-refractivity contribution in [3.05, 3.63) is 65.9 Å². The molecule has 0 bridgehead atoms. The van der Waals surface area contributed by atoms with Crippen LogP contribution in [0, 0.1) is 6.92 Å². The molecule has 0 N–H and O–H groups in total. The molecule has 1 aromatic heterocycles. The van der Waals surface area contributed by atoms with Gasteiger partial charge in [0.05, 0.1) is 6.54 Å². The highest BCUT2D eigenvalue weighted by molar-refractivity contribution is 5.79. The van der Waals surface area contributed by atoms with E-state index in [2.05, 4.69) is 0 Å². The monoisotopic (exact) mass is 309 g/mol. The average Bonchev–Trinajstić information content (AvgIpc) is 2.94. The van der Waals surface area contributed by atoms with Gasteiger partial charge in [0.2, 0.25) is 0 Å². The van der Waals surface area contributed by atoms with Crippen molar-refractivity contribution in [2.45, 2.75) is 13.5 Å². The first-order chi connectivity index (χ1) is 11.1. The molecule has 0 radical (unpaired) electrons. The normalized spacial score (nSPS) is 10.7. The summed E-state index contributed by atoms with van der Waals surface area (Å²) in [6, 6.07) is 17.4. The summed E-state index contributed by atoms with van der Waals surface area (Å²) in [6.45, 7) is 2.42. The van der Waals surface area contributed by atoms with Gasteiger partial charge in [-0.2, -0.15) is 0 Å². The highest BCUT2D eigenvalue weighted by Crippen LogP contribution is 2.19. The van der Waals surface area contributed by atoms with Gasteiger partial charge in [0.15, 0.2) is 6.61 Å². The number of carbonyl (C=O) groups is 1. The summed E-state index contributed by atoms with van der Waals surface area (Å²) in [6.07, 6.45) is 0. The molecule has 2 aromatic carbocycles. The number of hydrogen-bond donors (Lipinski definition) is 0. The lowest BCUT2D eigenvalue weighted by Crippen LogP contribution is -2.30. The number of fused-ring (bicyclic) bond motifs is 1. The second kappa shape index (κ2) is 6.57. The molecular weight excluding hydrogens is 290 g/mol. The summed E-state index contributed by atoms with van der Waals surface area (Å²) in [5, 5.41) is 1.04. The maximum atomic E-state index is 12.2. The Balaban J connectivity index is 1.58. The zero-order valence-corrected chi connectivity index (χ0v) is 13.3. The van der Waals surface area contributed by atoms with Gasteiger partial charge >= 0.3 is 0 Å². The Morgan fingerprint density at radius 1 is 1.13 bits per heavy atom. The lowest BCUT2D eigenvalue weighted by atomic mass is 10.2. The molecule has 0 unspecified atom stereocenters. The van der Waals surface area contributed by atoms with E-state index in [4.69, 9.17) is 9.15 Å². The number of benzene rings is 2. The molecule has 0 saturated carbocycles. The number of rotatable bonds is 5. The Morgan fingerprint density at radius 2 is 1.96 bits per heavy atom. The molecule has 0 fully saturated rings. The summed E-state index contributed by atoms with van der Waals surface area (Å²) in [4.78, 5) is 13.8. The van der Waals surface area contributed by atoms with Gasteiger partial charge in [-0.3, -0.25) is 4.79 Å².